The number of alkyl halides is 2. The maximum Gasteiger partial charge on any atom is 0.319 e. The molecule has 0 saturated heterocycles. The van der Waals surface area contributed by atoms with Gasteiger partial charge in [0.1, 0.15) is 12.3 Å². The van der Waals surface area contributed by atoms with E-state index >= 15 is 8.78 Å². The number of halogens is 2. The van der Waals surface area contributed by atoms with Crippen molar-refractivity contribution in [3.63, 3.8) is 0 Å². The summed E-state index contributed by atoms with van der Waals surface area (Å²) >= 11 is 0. The van der Waals surface area contributed by atoms with Crippen LogP contribution in [0.1, 0.15) is 207 Å². The van der Waals surface area contributed by atoms with E-state index in [0.717, 1.165) is 51.4 Å². The molecule has 2 aliphatic carbocycles. The Morgan fingerprint density at radius 3 is 1.10 bits per heavy atom. The largest absolute Gasteiger partial charge is 0.393 e. The predicted molar refractivity (Wildman–Crippen MR) is 197 cm³/mol. The topological polar surface area (TPSA) is 83.8 Å². The number of carbonyl (C=O) groups is 2. The van der Waals surface area contributed by atoms with Gasteiger partial charge in [-0.1, -0.05) is 143 Å². The van der Waals surface area contributed by atoms with Crippen LogP contribution in [0, 0.1) is 23.7 Å². The van der Waals surface area contributed by atoms with Crippen LogP contribution in [0.4, 0.5) is 8.78 Å². The van der Waals surface area contributed by atoms with Crippen molar-refractivity contribution in [3.05, 3.63) is 0 Å². The number of hydrogen-bond acceptors (Lipinski definition) is 5. The first-order chi connectivity index (χ1) is 23.5. The van der Waals surface area contributed by atoms with Crippen LogP contribution >= 0.6 is 0 Å². The Morgan fingerprint density at radius 1 is 0.551 bits per heavy atom. The van der Waals surface area contributed by atoms with Gasteiger partial charge in [-0.2, -0.15) is 0 Å². The Kier molecular flexibility index (Phi) is 21.8. The monoisotopic (exact) mass is 699 g/mol. The molecule has 49 heavy (non-hydrogen) atoms. The third-order valence-corrected chi connectivity index (χ3v) is 12.1. The molecule has 0 aromatic rings. The standard InChI is InChI=1S/C42H76F2O5/c1-5-7-9-11-13-15-17-19-21-25-37(43)33(3)31-35(41(47)27-23-28-41)39(45)49-40(46)36(42(48)29-24-30-42)32-34(4)38(44)26-22-20-18-16-14-12-10-8-6-2/h33-38,47-48H,5-32H2,1-4H3. The first-order valence-corrected chi connectivity index (χ1v) is 21.0. The average molecular weight is 699 g/mol. The number of hydrogen-bond donors (Lipinski definition) is 2. The average Bonchev–Trinajstić information content (AvgIpc) is 3.05. The Bertz CT molecular complexity index is 818. The molecule has 0 heterocycles. The molecule has 288 valence electrons. The molecule has 0 aliphatic heterocycles. The molecule has 0 bridgehead atoms. The molecular formula is C42H76F2O5. The van der Waals surface area contributed by atoms with Gasteiger partial charge in [0.05, 0.1) is 23.0 Å². The number of aliphatic hydroxyl groups is 2. The molecular weight excluding hydrogens is 622 g/mol. The Morgan fingerprint density at radius 2 is 0.837 bits per heavy atom. The molecule has 7 heteroatoms. The quantitative estimate of drug-likeness (QED) is 0.0443. The van der Waals surface area contributed by atoms with Gasteiger partial charge in [-0.05, 0) is 76.0 Å². The highest BCUT2D eigenvalue weighted by Crippen LogP contribution is 2.45. The highest BCUT2D eigenvalue weighted by atomic mass is 19.1. The molecule has 2 rings (SSSR count). The summed E-state index contributed by atoms with van der Waals surface area (Å²) in [5, 5.41) is 22.5. The van der Waals surface area contributed by atoms with Crippen molar-refractivity contribution in [2.75, 3.05) is 0 Å². The number of carbonyl (C=O) groups excluding carboxylic acids is 2. The van der Waals surface area contributed by atoms with Crippen LogP contribution in [0.25, 0.3) is 0 Å². The third kappa shape index (κ3) is 16.0. The zero-order valence-corrected chi connectivity index (χ0v) is 32.1. The number of ether oxygens (including phenoxy) is 1. The van der Waals surface area contributed by atoms with Crippen molar-refractivity contribution >= 4 is 11.9 Å². The lowest BCUT2D eigenvalue weighted by Gasteiger charge is -2.44. The van der Waals surface area contributed by atoms with Gasteiger partial charge in [-0.15, -0.1) is 0 Å². The van der Waals surface area contributed by atoms with Gasteiger partial charge in [0, 0.05) is 0 Å². The molecule has 2 fully saturated rings. The maximum absolute atomic E-state index is 15.3. The van der Waals surface area contributed by atoms with Crippen LogP contribution < -0.4 is 0 Å². The summed E-state index contributed by atoms with van der Waals surface area (Å²) in [5.74, 6) is -4.60. The summed E-state index contributed by atoms with van der Waals surface area (Å²) < 4.78 is 36.1. The van der Waals surface area contributed by atoms with E-state index in [9.17, 15) is 19.8 Å². The highest BCUT2D eigenvalue weighted by molar-refractivity contribution is 5.89. The van der Waals surface area contributed by atoms with Gasteiger partial charge in [0.25, 0.3) is 0 Å². The van der Waals surface area contributed by atoms with Gasteiger partial charge in [0.2, 0.25) is 0 Å². The lowest BCUT2D eigenvalue weighted by molar-refractivity contribution is -0.186. The second-order valence-corrected chi connectivity index (χ2v) is 16.5. The smallest absolute Gasteiger partial charge is 0.319 e. The molecule has 0 spiro atoms. The van der Waals surface area contributed by atoms with Crippen molar-refractivity contribution in [2.45, 2.75) is 231 Å². The van der Waals surface area contributed by atoms with Crippen molar-refractivity contribution in [3.8, 4) is 0 Å². The van der Waals surface area contributed by atoms with E-state index in [1.165, 1.54) is 77.0 Å². The van der Waals surface area contributed by atoms with E-state index in [4.69, 9.17) is 4.74 Å². The molecule has 0 aromatic heterocycles. The fourth-order valence-electron chi connectivity index (χ4n) is 7.99. The normalized spacial score (nSPS) is 20.3. The van der Waals surface area contributed by atoms with Crippen LogP contribution in [0.15, 0.2) is 0 Å². The maximum atomic E-state index is 15.3. The van der Waals surface area contributed by atoms with Gasteiger partial charge >= 0.3 is 11.9 Å². The van der Waals surface area contributed by atoms with Crippen LogP contribution in [0.5, 0.6) is 0 Å². The van der Waals surface area contributed by atoms with E-state index in [1.54, 1.807) is 13.8 Å². The van der Waals surface area contributed by atoms with Crippen molar-refractivity contribution in [1.29, 1.82) is 0 Å². The predicted octanol–water partition coefficient (Wildman–Crippen LogP) is 11.7. The first-order valence-electron chi connectivity index (χ1n) is 21.0. The van der Waals surface area contributed by atoms with Crippen LogP contribution in [0.3, 0.4) is 0 Å². The van der Waals surface area contributed by atoms with Crippen LogP contribution in [-0.2, 0) is 14.3 Å². The summed E-state index contributed by atoms with van der Waals surface area (Å²) in [6.45, 7) is 7.98. The fourth-order valence-corrected chi connectivity index (χ4v) is 7.99. The lowest BCUT2D eigenvalue weighted by Crippen LogP contribution is -2.52. The molecule has 5 nitrogen and oxygen atoms in total. The Labute approximate surface area is 299 Å². The number of rotatable bonds is 30. The summed E-state index contributed by atoms with van der Waals surface area (Å²) in [6.07, 6.45) is 22.9. The summed E-state index contributed by atoms with van der Waals surface area (Å²) in [6, 6.07) is 0. The van der Waals surface area contributed by atoms with E-state index in [-0.39, 0.29) is 12.8 Å². The summed E-state index contributed by atoms with van der Waals surface area (Å²) in [5.41, 5.74) is -2.61. The van der Waals surface area contributed by atoms with Crippen molar-refractivity contribution < 1.29 is 33.3 Å². The highest BCUT2D eigenvalue weighted by Gasteiger charge is 2.51. The Hall–Kier alpha value is -1.08. The fraction of sp³-hybridized carbons (Fsp3) is 0.952. The molecule has 0 amide bonds. The molecule has 6 atom stereocenters. The zero-order valence-electron chi connectivity index (χ0n) is 32.1. The SMILES string of the molecule is CCCCCCCCCCCC(F)C(C)CC(C(=O)OC(=O)C(CC(C)C(F)CCCCCCCCCCC)C1(O)CCC1)C1(O)CCC1. The minimum absolute atomic E-state index is 0.109. The van der Waals surface area contributed by atoms with Crippen LogP contribution in [-0.4, -0.2) is 45.7 Å². The van der Waals surface area contributed by atoms with Gasteiger partial charge < -0.3 is 14.9 Å². The number of unbranched alkanes of at least 4 members (excludes halogenated alkanes) is 16. The summed E-state index contributed by atoms with van der Waals surface area (Å²) in [7, 11) is 0. The molecule has 2 aliphatic rings. The lowest BCUT2D eigenvalue weighted by atomic mass is 9.67. The Balaban J connectivity index is 1.86. The van der Waals surface area contributed by atoms with E-state index < -0.39 is 59.2 Å². The molecule has 0 aromatic carbocycles. The van der Waals surface area contributed by atoms with E-state index in [1.807, 2.05) is 0 Å². The van der Waals surface area contributed by atoms with Gasteiger partial charge in [0.15, 0.2) is 0 Å². The minimum atomic E-state index is -1.31. The summed E-state index contributed by atoms with van der Waals surface area (Å²) in [4.78, 5) is 27.1. The first kappa shape index (κ1) is 44.1. The molecule has 6 unspecified atom stereocenters. The molecule has 0 radical (unpaired) electrons. The number of esters is 2. The second-order valence-electron chi connectivity index (χ2n) is 16.5. The van der Waals surface area contributed by atoms with E-state index in [2.05, 4.69) is 13.8 Å². The molecule has 2 N–H and O–H groups in total. The minimum Gasteiger partial charge on any atom is -0.393 e. The van der Waals surface area contributed by atoms with Gasteiger partial charge in [-0.25, -0.2) is 8.78 Å². The second kappa shape index (κ2) is 24.2. The van der Waals surface area contributed by atoms with Crippen molar-refractivity contribution in [1.82, 2.24) is 0 Å². The van der Waals surface area contributed by atoms with E-state index in [0.29, 0.717) is 38.5 Å². The van der Waals surface area contributed by atoms with Crippen molar-refractivity contribution in [2.24, 2.45) is 23.7 Å². The third-order valence-electron chi connectivity index (χ3n) is 12.1. The van der Waals surface area contributed by atoms with Crippen LogP contribution in [0.2, 0.25) is 0 Å². The van der Waals surface area contributed by atoms with Gasteiger partial charge in [-0.3, -0.25) is 9.59 Å². The molecule has 2 saturated carbocycles. The zero-order chi connectivity index (χ0) is 36.1.